The lowest BCUT2D eigenvalue weighted by Crippen LogP contribution is -2.32. The van der Waals surface area contributed by atoms with Crippen molar-refractivity contribution in [3.05, 3.63) is 29.6 Å². The molecule has 0 aliphatic carbocycles. The second-order valence-corrected chi connectivity index (χ2v) is 5.44. The molecule has 0 unspecified atom stereocenters. The van der Waals surface area contributed by atoms with Crippen molar-refractivity contribution in [2.24, 2.45) is 5.92 Å². The maximum absolute atomic E-state index is 12.0. The Bertz CT molecular complexity index is 419. The fraction of sp³-hybridized carbons (Fsp3) is 0.625. The maximum atomic E-state index is 12.0. The fourth-order valence-electron chi connectivity index (χ4n) is 2.15. The predicted molar refractivity (Wildman–Crippen MR) is 80.4 cm³/mol. The number of hydrogen-bond donors (Lipinski definition) is 1. The number of hydrogen-bond acceptors (Lipinski definition) is 3. The molecule has 0 bridgehead atoms. The molecule has 0 fully saturated rings. The molecule has 1 atom stereocenters. The average molecular weight is 278 g/mol. The van der Waals surface area contributed by atoms with Crippen LogP contribution in [-0.4, -0.2) is 24.6 Å². The number of carbonyl (C=O) groups is 1. The van der Waals surface area contributed by atoms with E-state index in [2.05, 4.69) is 24.1 Å². The van der Waals surface area contributed by atoms with Gasteiger partial charge in [0.1, 0.15) is 0 Å². The van der Waals surface area contributed by atoms with Gasteiger partial charge >= 0.3 is 0 Å². The average Bonchev–Trinajstić information content (AvgIpc) is 2.42. The summed E-state index contributed by atoms with van der Waals surface area (Å²) in [6, 6.07) is 3.93. The highest BCUT2D eigenvalue weighted by molar-refractivity contribution is 5.76. The summed E-state index contributed by atoms with van der Waals surface area (Å²) in [7, 11) is 1.68. The Morgan fingerprint density at radius 3 is 2.75 bits per heavy atom. The molecule has 1 N–H and O–H groups in total. The fourth-order valence-corrected chi connectivity index (χ4v) is 2.15. The van der Waals surface area contributed by atoms with Crippen LogP contribution in [-0.2, 0) is 9.53 Å². The van der Waals surface area contributed by atoms with E-state index in [0.29, 0.717) is 18.9 Å². The molecule has 1 rings (SSSR count). The third-order valence-corrected chi connectivity index (χ3v) is 3.33. The molecule has 0 aliphatic heterocycles. The molecule has 1 heterocycles. The molecular weight excluding hydrogens is 252 g/mol. The van der Waals surface area contributed by atoms with E-state index >= 15 is 0 Å². The summed E-state index contributed by atoms with van der Waals surface area (Å²) in [6.07, 6.45) is 4.09. The number of nitrogens with one attached hydrogen (secondary N) is 1. The second kappa shape index (κ2) is 8.69. The Hall–Kier alpha value is -1.42. The molecule has 112 valence electrons. The van der Waals surface area contributed by atoms with Crippen LogP contribution < -0.4 is 5.32 Å². The number of pyridine rings is 1. The largest absolute Gasteiger partial charge is 0.385 e. The van der Waals surface area contributed by atoms with Gasteiger partial charge in [-0.2, -0.15) is 0 Å². The Balaban J connectivity index is 2.60. The Labute approximate surface area is 121 Å². The molecule has 20 heavy (non-hydrogen) atoms. The van der Waals surface area contributed by atoms with Gasteiger partial charge in [-0.15, -0.1) is 0 Å². The zero-order valence-electron chi connectivity index (χ0n) is 13.0. The summed E-state index contributed by atoms with van der Waals surface area (Å²) >= 11 is 0. The Morgan fingerprint density at radius 2 is 2.15 bits per heavy atom. The van der Waals surface area contributed by atoms with Crippen molar-refractivity contribution < 1.29 is 9.53 Å². The van der Waals surface area contributed by atoms with Gasteiger partial charge in [-0.05, 0) is 37.3 Å². The highest BCUT2D eigenvalue weighted by Crippen LogP contribution is 2.22. The van der Waals surface area contributed by atoms with Crippen LogP contribution in [0.4, 0.5) is 0 Å². The van der Waals surface area contributed by atoms with Crippen molar-refractivity contribution in [1.82, 2.24) is 10.3 Å². The van der Waals surface area contributed by atoms with Crippen molar-refractivity contribution >= 4 is 5.91 Å². The molecule has 0 saturated carbocycles. The summed E-state index contributed by atoms with van der Waals surface area (Å²) < 4.78 is 4.99. The van der Waals surface area contributed by atoms with E-state index in [0.717, 1.165) is 24.1 Å². The maximum Gasteiger partial charge on any atom is 0.220 e. The molecule has 1 amide bonds. The van der Waals surface area contributed by atoms with Crippen molar-refractivity contribution in [2.75, 3.05) is 13.7 Å². The van der Waals surface area contributed by atoms with Crippen LogP contribution in [0.15, 0.2) is 18.3 Å². The third kappa shape index (κ3) is 5.29. The smallest absolute Gasteiger partial charge is 0.220 e. The normalized spacial score (nSPS) is 12.4. The highest BCUT2D eigenvalue weighted by atomic mass is 16.5. The quantitative estimate of drug-likeness (QED) is 0.744. The van der Waals surface area contributed by atoms with Crippen LogP contribution in [0.25, 0.3) is 0 Å². The second-order valence-electron chi connectivity index (χ2n) is 5.44. The number of carbonyl (C=O) groups excluding carboxylic acids is 1. The van der Waals surface area contributed by atoms with Gasteiger partial charge in [-0.3, -0.25) is 9.78 Å². The number of aryl methyl sites for hydroxylation is 1. The molecule has 0 spiro atoms. The van der Waals surface area contributed by atoms with Crippen molar-refractivity contribution in [3.8, 4) is 0 Å². The minimum Gasteiger partial charge on any atom is -0.385 e. The summed E-state index contributed by atoms with van der Waals surface area (Å²) in [5, 5.41) is 3.11. The van der Waals surface area contributed by atoms with Gasteiger partial charge in [-0.25, -0.2) is 0 Å². The van der Waals surface area contributed by atoms with Crippen molar-refractivity contribution in [1.29, 1.82) is 0 Å². The minimum absolute atomic E-state index is 0.0221. The summed E-state index contributed by atoms with van der Waals surface area (Å²) in [5.41, 5.74) is 2.08. The van der Waals surface area contributed by atoms with Crippen LogP contribution >= 0.6 is 0 Å². The lowest BCUT2D eigenvalue weighted by molar-refractivity contribution is -0.122. The van der Waals surface area contributed by atoms with Gasteiger partial charge in [0.25, 0.3) is 0 Å². The first-order valence-electron chi connectivity index (χ1n) is 7.26. The molecule has 4 nitrogen and oxygen atoms in total. The molecule has 1 aromatic heterocycles. The number of nitrogens with zero attached hydrogens (tertiary/aromatic N) is 1. The number of rotatable bonds is 8. The molecule has 0 radical (unpaired) electrons. The van der Waals surface area contributed by atoms with Crippen LogP contribution in [0, 0.1) is 12.8 Å². The third-order valence-electron chi connectivity index (χ3n) is 3.33. The first-order chi connectivity index (χ1) is 9.56. The number of methoxy groups -OCH3 is 1. The predicted octanol–water partition coefficient (Wildman–Crippen LogP) is 3.02. The molecule has 4 heteroatoms. The lowest BCUT2D eigenvalue weighted by Gasteiger charge is -2.23. The van der Waals surface area contributed by atoms with E-state index in [1.54, 1.807) is 13.3 Å². The van der Waals surface area contributed by atoms with E-state index in [4.69, 9.17) is 4.74 Å². The summed E-state index contributed by atoms with van der Waals surface area (Å²) in [5.74, 6) is 0.399. The van der Waals surface area contributed by atoms with Crippen LogP contribution in [0.3, 0.4) is 0 Å². The van der Waals surface area contributed by atoms with Crippen LogP contribution in [0.1, 0.15) is 50.4 Å². The highest BCUT2D eigenvalue weighted by Gasteiger charge is 2.20. The number of ether oxygens (including phenoxy) is 1. The minimum atomic E-state index is -0.0221. The van der Waals surface area contributed by atoms with Crippen molar-refractivity contribution in [2.45, 2.75) is 46.1 Å². The Kier molecular flexibility index (Phi) is 7.23. The molecular formula is C16H26N2O2. The van der Waals surface area contributed by atoms with Gasteiger partial charge in [0, 0.05) is 26.3 Å². The van der Waals surface area contributed by atoms with Gasteiger partial charge in [-0.1, -0.05) is 19.9 Å². The zero-order valence-corrected chi connectivity index (χ0v) is 13.0. The first kappa shape index (κ1) is 16.6. The van der Waals surface area contributed by atoms with E-state index in [1.165, 1.54) is 0 Å². The lowest BCUT2D eigenvalue weighted by atomic mass is 9.97. The van der Waals surface area contributed by atoms with Crippen molar-refractivity contribution in [3.63, 3.8) is 0 Å². The molecule has 0 aromatic carbocycles. The van der Waals surface area contributed by atoms with Crippen LogP contribution in [0.5, 0.6) is 0 Å². The summed E-state index contributed by atoms with van der Waals surface area (Å²) in [6.45, 7) is 6.94. The van der Waals surface area contributed by atoms with E-state index in [-0.39, 0.29) is 11.9 Å². The zero-order chi connectivity index (χ0) is 15.0. The Morgan fingerprint density at radius 1 is 1.40 bits per heavy atom. The number of amides is 1. The van der Waals surface area contributed by atoms with Gasteiger partial charge in [0.05, 0.1) is 11.7 Å². The van der Waals surface area contributed by atoms with E-state index in [9.17, 15) is 4.79 Å². The van der Waals surface area contributed by atoms with Gasteiger partial charge in [0.2, 0.25) is 5.91 Å². The van der Waals surface area contributed by atoms with Crippen LogP contribution in [0.2, 0.25) is 0 Å². The van der Waals surface area contributed by atoms with E-state index in [1.807, 2.05) is 19.1 Å². The van der Waals surface area contributed by atoms with Gasteiger partial charge < -0.3 is 10.1 Å². The molecule has 0 aliphatic rings. The summed E-state index contributed by atoms with van der Waals surface area (Å²) in [4.78, 5) is 16.5. The van der Waals surface area contributed by atoms with E-state index < -0.39 is 0 Å². The number of unbranched alkanes of at least 4 members (excludes halogenated alkanes) is 1. The topological polar surface area (TPSA) is 51.2 Å². The standard InChI is InChI=1S/C16H26N2O2/c1-12(2)15(16-13(3)8-7-10-17-16)18-14(19)9-5-6-11-20-4/h7-8,10,12,15H,5-6,9,11H2,1-4H3,(H,18,19)/t15-/m0/s1. The molecule has 1 aromatic rings. The molecule has 0 saturated heterocycles. The number of aromatic nitrogens is 1. The monoisotopic (exact) mass is 278 g/mol. The van der Waals surface area contributed by atoms with Gasteiger partial charge in [0.15, 0.2) is 0 Å². The first-order valence-corrected chi connectivity index (χ1v) is 7.26. The SMILES string of the molecule is COCCCCC(=O)N[C@H](c1ncccc1C)C(C)C.